The number of rotatable bonds is 0. The Morgan fingerprint density at radius 3 is 1.77 bits per heavy atom. The van der Waals surface area contributed by atoms with Gasteiger partial charge in [-0.25, -0.2) is 0 Å². The van der Waals surface area contributed by atoms with Crippen molar-refractivity contribution < 1.29 is 0 Å². The molecule has 1 saturated carbocycles. The van der Waals surface area contributed by atoms with Crippen molar-refractivity contribution in [2.24, 2.45) is 22.7 Å². The monoisotopic (exact) mass is 172 g/mol. The van der Waals surface area contributed by atoms with Crippen LogP contribution in [0, 0.1) is 45.3 Å². The first-order valence-corrected chi connectivity index (χ1v) is 4.59. The number of hydrogen-bond donors (Lipinski definition) is 0. The molecule has 0 aliphatic heterocycles. The second-order valence-electron chi connectivity index (χ2n) is 4.46. The lowest BCUT2D eigenvalue weighted by molar-refractivity contribution is 0.183. The molecule has 0 heterocycles. The maximum Gasteiger partial charge on any atom is 0.0797 e. The summed E-state index contributed by atoms with van der Waals surface area (Å²) in [5.74, 6) is 0.569. The molecule has 0 aromatic rings. The number of nitrogens with zero attached hydrogens (tertiary/aromatic N) is 2. The molecule has 2 nitrogen and oxygen atoms in total. The van der Waals surface area contributed by atoms with Gasteiger partial charge < -0.3 is 0 Å². The van der Waals surface area contributed by atoms with Gasteiger partial charge in [0.05, 0.1) is 23.0 Å². The van der Waals surface area contributed by atoms with Crippen molar-refractivity contribution in [3.8, 4) is 12.1 Å². The largest absolute Gasteiger partial charge is 0.198 e. The lowest BCUT2D eigenvalue weighted by Crippen LogP contribution is -2.38. The minimum atomic E-state index is -0.485. The highest BCUT2D eigenvalue weighted by Crippen LogP contribution is 2.62. The second kappa shape index (κ2) is 2.15. The standard InChI is InChI=1S/C11H12N2/c1-10(6-12)8-3-4-9(5-8)11(10,2)7-13/h3-4,8-9H,5H2,1-2H3. The molecule has 0 amide bonds. The topological polar surface area (TPSA) is 47.6 Å². The summed E-state index contributed by atoms with van der Waals surface area (Å²) in [6.07, 6.45) is 5.19. The van der Waals surface area contributed by atoms with E-state index < -0.39 is 10.8 Å². The summed E-state index contributed by atoms with van der Waals surface area (Å²) in [6.45, 7) is 3.84. The predicted molar refractivity (Wildman–Crippen MR) is 48.2 cm³/mol. The van der Waals surface area contributed by atoms with Crippen LogP contribution < -0.4 is 0 Å². The van der Waals surface area contributed by atoms with Gasteiger partial charge in [-0.2, -0.15) is 10.5 Å². The lowest BCUT2D eigenvalue weighted by atomic mass is 9.61. The first-order chi connectivity index (χ1) is 6.08. The normalized spacial score (nSPS) is 51.7. The molecule has 2 rings (SSSR count). The van der Waals surface area contributed by atoms with Crippen molar-refractivity contribution in [2.45, 2.75) is 20.3 Å². The fraction of sp³-hybridized carbons (Fsp3) is 0.636. The van der Waals surface area contributed by atoms with Crippen molar-refractivity contribution in [2.75, 3.05) is 0 Å². The van der Waals surface area contributed by atoms with Crippen LogP contribution in [0.25, 0.3) is 0 Å². The molecule has 2 aliphatic carbocycles. The number of hydrogen-bond acceptors (Lipinski definition) is 2. The van der Waals surface area contributed by atoms with Gasteiger partial charge in [0.2, 0.25) is 0 Å². The third-order valence-electron chi connectivity index (χ3n) is 4.11. The minimum Gasteiger partial charge on any atom is -0.198 e. The van der Waals surface area contributed by atoms with Crippen molar-refractivity contribution >= 4 is 0 Å². The third-order valence-corrected chi connectivity index (χ3v) is 4.11. The molecule has 2 aliphatic rings. The molecular formula is C11H12N2. The third kappa shape index (κ3) is 0.676. The molecular weight excluding hydrogens is 160 g/mol. The van der Waals surface area contributed by atoms with E-state index in [1.807, 2.05) is 13.8 Å². The average Bonchev–Trinajstić information content (AvgIpc) is 2.70. The van der Waals surface area contributed by atoms with E-state index in [2.05, 4.69) is 24.3 Å². The fourth-order valence-electron chi connectivity index (χ4n) is 2.72. The van der Waals surface area contributed by atoms with Crippen molar-refractivity contribution in [3.05, 3.63) is 12.2 Å². The Bertz CT molecular complexity index is 323. The van der Waals surface area contributed by atoms with Gasteiger partial charge >= 0.3 is 0 Å². The fourth-order valence-corrected chi connectivity index (χ4v) is 2.72. The van der Waals surface area contributed by atoms with Crippen LogP contribution in [0.15, 0.2) is 12.2 Å². The quantitative estimate of drug-likeness (QED) is 0.526. The zero-order valence-electron chi connectivity index (χ0n) is 7.91. The summed E-state index contributed by atoms with van der Waals surface area (Å²) in [4.78, 5) is 0. The summed E-state index contributed by atoms with van der Waals surface area (Å²) in [7, 11) is 0. The van der Waals surface area contributed by atoms with E-state index in [1.165, 1.54) is 0 Å². The van der Waals surface area contributed by atoms with Crippen LogP contribution in [-0.4, -0.2) is 0 Å². The molecule has 0 radical (unpaired) electrons. The number of fused-ring (bicyclic) bond motifs is 2. The summed E-state index contributed by atoms with van der Waals surface area (Å²) in [5, 5.41) is 18.4. The van der Waals surface area contributed by atoms with E-state index >= 15 is 0 Å². The van der Waals surface area contributed by atoms with E-state index in [1.54, 1.807) is 0 Å². The zero-order chi connectivity index (χ0) is 9.69. The zero-order valence-corrected chi connectivity index (χ0v) is 7.91. The molecule has 0 spiro atoms. The summed E-state index contributed by atoms with van der Waals surface area (Å²) >= 11 is 0. The van der Waals surface area contributed by atoms with E-state index in [-0.39, 0.29) is 11.8 Å². The lowest BCUT2D eigenvalue weighted by Gasteiger charge is -2.37. The van der Waals surface area contributed by atoms with Crippen molar-refractivity contribution in [1.29, 1.82) is 10.5 Å². The number of allylic oxidation sites excluding steroid dienone is 2. The number of nitriles is 2. The first-order valence-electron chi connectivity index (χ1n) is 4.59. The molecule has 2 heteroatoms. The predicted octanol–water partition coefficient (Wildman–Crippen LogP) is 2.25. The Morgan fingerprint density at radius 1 is 1.08 bits per heavy atom. The van der Waals surface area contributed by atoms with Gasteiger partial charge in [0, 0.05) is 0 Å². The molecule has 13 heavy (non-hydrogen) atoms. The van der Waals surface area contributed by atoms with Gasteiger partial charge in [0.1, 0.15) is 0 Å². The van der Waals surface area contributed by atoms with Gasteiger partial charge in [-0.05, 0) is 32.1 Å². The molecule has 0 saturated heterocycles. The smallest absolute Gasteiger partial charge is 0.0797 e. The van der Waals surface area contributed by atoms with E-state index in [9.17, 15) is 10.5 Å². The van der Waals surface area contributed by atoms with Gasteiger partial charge in [-0.3, -0.25) is 0 Å². The Kier molecular flexibility index (Phi) is 1.37. The van der Waals surface area contributed by atoms with Crippen LogP contribution in [-0.2, 0) is 0 Å². The maximum atomic E-state index is 9.18. The Labute approximate surface area is 78.5 Å². The van der Waals surface area contributed by atoms with Crippen LogP contribution in [0.3, 0.4) is 0 Å². The Hall–Kier alpha value is -1.28. The molecule has 1 fully saturated rings. The Morgan fingerprint density at radius 2 is 1.46 bits per heavy atom. The molecule has 4 atom stereocenters. The van der Waals surface area contributed by atoms with Gasteiger partial charge in [0.25, 0.3) is 0 Å². The van der Waals surface area contributed by atoms with E-state index in [0.717, 1.165) is 6.42 Å². The minimum absolute atomic E-state index is 0.284. The van der Waals surface area contributed by atoms with Crippen LogP contribution in [0.4, 0.5) is 0 Å². The Balaban J connectivity index is 2.57. The molecule has 2 bridgehead atoms. The van der Waals surface area contributed by atoms with Crippen LogP contribution in [0.5, 0.6) is 0 Å². The molecule has 0 aromatic carbocycles. The molecule has 0 aromatic heterocycles. The van der Waals surface area contributed by atoms with E-state index in [0.29, 0.717) is 0 Å². The van der Waals surface area contributed by atoms with E-state index in [4.69, 9.17) is 0 Å². The maximum absolute atomic E-state index is 9.18. The SMILES string of the molecule is CC1(C#N)C2C=CC(C2)C1(C)C#N. The van der Waals surface area contributed by atoms with Crippen molar-refractivity contribution in [1.82, 2.24) is 0 Å². The van der Waals surface area contributed by atoms with Gasteiger partial charge in [0.15, 0.2) is 0 Å². The van der Waals surface area contributed by atoms with Gasteiger partial charge in [-0.15, -0.1) is 0 Å². The highest BCUT2D eigenvalue weighted by atomic mass is 14.6. The van der Waals surface area contributed by atoms with Crippen LogP contribution in [0.2, 0.25) is 0 Å². The summed E-state index contributed by atoms with van der Waals surface area (Å²) in [6, 6.07) is 4.68. The molecule has 0 N–H and O–H groups in total. The first kappa shape index (κ1) is 8.32. The average molecular weight is 172 g/mol. The summed E-state index contributed by atoms with van der Waals surface area (Å²) < 4.78 is 0. The van der Waals surface area contributed by atoms with Crippen molar-refractivity contribution in [3.63, 3.8) is 0 Å². The highest BCUT2D eigenvalue weighted by Gasteiger charge is 2.62. The van der Waals surface area contributed by atoms with Crippen LogP contribution in [0.1, 0.15) is 20.3 Å². The van der Waals surface area contributed by atoms with Crippen LogP contribution >= 0.6 is 0 Å². The van der Waals surface area contributed by atoms with Gasteiger partial charge in [-0.1, -0.05) is 12.2 Å². The molecule has 66 valence electrons. The second-order valence-corrected chi connectivity index (χ2v) is 4.46. The molecule has 4 unspecified atom stereocenters. The highest BCUT2D eigenvalue weighted by molar-refractivity contribution is 5.33. The summed E-state index contributed by atoms with van der Waals surface area (Å²) in [5.41, 5.74) is -0.970.